The van der Waals surface area contributed by atoms with Crippen molar-refractivity contribution in [3.63, 3.8) is 0 Å². The number of amides is 2. The second kappa shape index (κ2) is 10.4. The topological polar surface area (TPSA) is 148 Å². The van der Waals surface area contributed by atoms with Gasteiger partial charge in [-0.2, -0.15) is 12.6 Å². The summed E-state index contributed by atoms with van der Waals surface area (Å²) < 4.78 is 0. The van der Waals surface area contributed by atoms with Crippen LogP contribution in [0.1, 0.15) is 26.2 Å². The quantitative estimate of drug-likeness (QED) is 0.212. The van der Waals surface area contributed by atoms with Gasteiger partial charge in [0.15, 0.2) is 0 Å². The third kappa shape index (κ3) is 7.88. The first-order chi connectivity index (χ1) is 9.83. The number of unbranched alkanes of at least 4 members (excludes halogenated alkanes) is 1. The van der Waals surface area contributed by atoms with Gasteiger partial charge in [-0.05, 0) is 32.7 Å². The fraction of sp³-hybridized carbons (Fsp3) is 0.750. The molecule has 0 saturated heterocycles. The summed E-state index contributed by atoms with van der Waals surface area (Å²) in [7, 11) is 0. The molecule has 7 N–H and O–H groups in total. The number of hydrogen-bond donors (Lipinski definition) is 6. The lowest BCUT2D eigenvalue weighted by atomic mass is 10.1. The number of hydrogen-bond acceptors (Lipinski definition) is 6. The number of nitrogens with two attached hydrogens (primary N) is 2. The van der Waals surface area contributed by atoms with E-state index in [4.69, 9.17) is 16.6 Å². The Labute approximate surface area is 129 Å². The van der Waals surface area contributed by atoms with Crippen molar-refractivity contribution in [3.8, 4) is 0 Å². The molecule has 3 atom stereocenters. The average Bonchev–Trinajstić information content (AvgIpc) is 2.44. The number of carbonyl (C=O) groups is 3. The molecule has 2 amide bonds. The fourth-order valence-corrected chi connectivity index (χ4v) is 1.68. The van der Waals surface area contributed by atoms with Crippen molar-refractivity contribution in [1.82, 2.24) is 10.6 Å². The lowest BCUT2D eigenvalue weighted by Gasteiger charge is -2.19. The Hall–Kier alpha value is -1.32. The lowest BCUT2D eigenvalue weighted by Crippen LogP contribution is -2.53. The fourth-order valence-electron chi connectivity index (χ4n) is 1.52. The Morgan fingerprint density at radius 2 is 1.81 bits per heavy atom. The van der Waals surface area contributed by atoms with Crippen molar-refractivity contribution in [2.24, 2.45) is 11.5 Å². The molecule has 0 aromatic heterocycles. The molecule has 8 nitrogen and oxygen atoms in total. The van der Waals surface area contributed by atoms with Crippen LogP contribution in [0, 0.1) is 0 Å². The van der Waals surface area contributed by atoms with Gasteiger partial charge in [0.05, 0.1) is 6.04 Å². The Kier molecular flexibility index (Phi) is 9.76. The minimum absolute atomic E-state index is 0.150. The van der Waals surface area contributed by atoms with Gasteiger partial charge in [0.1, 0.15) is 12.1 Å². The molecule has 21 heavy (non-hydrogen) atoms. The van der Waals surface area contributed by atoms with Gasteiger partial charge in [0.2, 0.25) is 11.8 Å². The monoisotopic (exact) mass is 320 g/mol. The minimum Gasteiger partial charge on any atom is -0.480 e. The van der Waals surface area contributed by atoms with Gasteiger partial charge in [0.25, 0.3) is 0 Å². The molecule has 122 valence electrons. The van der Waals surface area contributed by atoms with E-state index in [1.165, 1.54) is 6.92 Å². The Morgan fingerprint density at radius 3 is 2.29 bits per heavy atom. The molecule has 0 heterocycles. The summed E-state index contributed by atoms with van der Waals surface area (Å²) in [6.07, 6.45) is 1.57. The number of aliphatic carboxylic acids is 1. The zero-order chi connectivity index (χ0) is 16.4. The van der Waals surface area contributed by atoms with E-state index < -0.39 is 35.9 Å². The third-order valence-corrected chi connectivity index (χ3v) is 3.24. The van der Waals surface area contributed by atoms with Crippen molar-refractivity contribution in [1.29, 1.82) is 0 Å². The predicted octanol–water partition coefficient (Wildman–Crippen LogP) is -1.55. The summed E-state index contributed by atoms with van der Waals surface area (Å²) in [5, 5.41) is 13.8. The molecule has 0 saturated carbocycles. The molecule has 0 aliphatic heterocycles. The van der Waals surface area contributed by atoms with Crippen LogP contribution >= 0.6 is 12.6 Å². The minimum atomic E-state index is -1.12. The summed E-state index contributed by atoms with van der Waals surface area (Å²) >= 11 is 3.88. The molecule has 0 fully saturated rings. The number of carboxylic acids is 1. The van der Waals surface area contributed by atoms with E-state index in [-0.39, 0.29) is 12.2 Å². The van der Waals surface area contributed by atoms with Crippen LogP contribution in [0.15, 0.2) is 0 Å². The second-order valence-corrected chi connectivity index (χ2v) is 5.07. The smallest absolute Gasteiger partial charge is 0.326 e. The van der Waals surface area contributed by atoms with Crippen LogP contribution < -0.4 is 22.1 Å². The van der Waals surface area contributed by atoms with Gasteiger partial charge in [-0.15, -0.1) is 0 Å². The lowest BCUT2D eigenvalue weighted by molar-refractivity contribution is -0.142. The van der Waals surface area contributed by atoms with Gasteiger partial charge in [-0.25, -0.2) is 4.79 Å². The highest BCUT2D eigenvalue weighted by Gasteiger charge is 2.24. The number of nitrogens with one attached hydrogen (secondary N) is 2. The Bertz CT molecular complexity index is 367. The standard InChI is InChI=1S/C12H24N4O4S/c1-7(15-11(18)8(14)6-21)10(17)16-9(12(19)20)4-2-3-5-13/h7-9,21H,2-6,13-14H2,1H3,(H,15,18)(H,16,17)(H,19,20). The van der Waals surface area contributed by atoms with Crippen molar-refractivity contribution in [2.45, 2.75) is 44.3 Å². The van der Waals surface area contributed by atoms with Gasteiger partial charge in [0, 0.05) is 5.75 Å². The molecule has 9 heteroatoms. The highest BCUT2D eigenvalue weighted by Crippen LogP contribution is 2.01. The molecule has 0 aliphatic carbocycles. The van der Waals surface area contributed by atoms with Crippen LogP contribution in [-0.2, 0) is 14.4 Å². The average molecular weight is 320 g/mol. The number of rotatable bonds is 10. The van der Waals surface area contributed by atoms with Crippen molar-refractivity contribution < 1.29 is 19.5 Å². The van der Waals surface area contributed by atoms with Crippen LogP contribution in [0.2, 0.25) is 0 Å². The highest BCUT2D eigenvalue weighted by molar-refractivity contribution is 7.80. The third-order valence-electron chi connectivity index (χ3n) is 2.85. The van der Waals surface area contributed by atoms with Crippen LogP contribution in [-0.4, -0.2) is 53.3 Å². The first kappa shape index (κ1) is 19.7. The van der Waals surface area contributed by atoms with Crippen LogP contribution in [0.5, 0.6) is 0 Å². The normalized spacial score (nSPS) is 14.9. The maximum Gasteiger partial charge on any atom is 0.326 e. The van der Waals surface area contributed by atoms with E-state index >= 15 is 0 Å². The predicted molar refractivity (Wildman–Crippen MR) is 81.9 cm³/mol. The van der Waals surface area contributed by atoms with Crippen molar-refractivity contribution in [2.75, 3.05) is 12.3 Å². The molecule has 0 radical (unpaired) electrons. The number of thiol groups is 1. The van der Waals surface area contributed by atoms with Crippen molar-refractivity contribution in [3.05, 3.63) is 0 Å². The first-order valence-corrected chi connectivity index (χ1v) is 7.36. The van der Waals surface area contributed by atoms with Gasteiger partial charge in [-0.3, -0.25) is 9.59 Å². The summed E-state index contributed by atoms with van der Waals surface area (Å²) in [6, 6.07) is -2.69. The molecular formula is C12H24N4O4S. The van der Waals surface area contributed by atoms with Gasteiger partial charge < -0.3 is 27.2 Å². The van der Waals surface area contributed by atoms with Gasteiger partial charge in [-0.1, -0.05) is 0 Å². The summed E-state index contributed by atoms with van der Waals surface area (Å²) in [5.41, 5.74) is 10.8. The van der Waals surface area contributed by atoms with Gasteiger partial charge >= 0.3 is 5.97 Å². The summed E-state index contributed by atoms with van der Waals surface area (Å²) in [6.45, 7) is 1.92. The Morgan fingerprint density at radius 1 is 1.19 bits per heavy atom. The molecule has 0 aromatic carbocycles. The Balaban J connectivity index is 4.40. The SMILES string of the molecule is CC(NC(=O)C(N)CS)C(=O)NC(CCCCN)C(=O)O. The largest absolute Gasteiger partial charge is 0.480 e. The molecule has 0 aromatic rings. The van der Waals surface area contributed by atoms with E-state index in [9.17, 15) is 14.4 Å². The molecule has 0 spiro atoms. The molecule has 3 unspecified atom stereocenters. The molecule has 0 bridgehead atoms. The van der Waals surface area contributed by atoms with Crippen LogP contribution in [0.3, 0.4) is 0 Å². The summed E-state index contributed by atoms with van der Waals surface area (Å²) in [5.74, 6) is -2.06. The second-order valence-electron chi connectivity index (χ2n) is 4.70. The van der Waals surface area contributed by atoms with E-state index in [2.05, 4.69) is 23.3 Å². The zero-order valence-electron chi connectivity index (χ0n) is 12.0. The zero-order valence-corrected chi connectivity index (χ0v) is 12.9. The molecule has 0 aliphatic rings. The van der Waals surface area contributed by atoms with E-state index in [0.717, 1.165) is 0 Å². The summed E-state index contributed by atoms with van der Waals surface area (Å²) in [4.78, 5) is 34.5. The van der Waals surface area contributed by atoms with Crippen LogP contribution in [0.4, 0.5) is 0 Å². The molecular weight excluding hydrogens is 296 g/mol. The van der Waals surface area contributed by atoms with E-state index in [0.29, 0.717) is 19.4 Å². The van der Waals surface area contributed by atoms with Crippen molar-refractivity contribution >= 4 is 30.4 Å². The first-order valence-electron chi connectivity index (χ1n) is 6.73. The van der Waals surface area contributed by atoms with E-state index in [1.807, 2.05) is 0 Å². The van der Waals surface area contributed by atoms with Crippen LogP contribution in [0.25, 0.3) is 0 Å². The maximum atomic E-state index is 11.9. The number of carboxylic acid groups (broad SMARTS) is 1. The molecule has 0 rings (SSSR count). The number of carbonyl (C=O) groups excluding carboxylic acids is 2. The van der Waals surface area contributed by atoms with E-state index in [1.54, 1.807) is 0 Å². The maximum absolute atomic E-state index is 11.9. The highest BCUT2D eigenvalue weighted by atomic mass is 32.1.